The standard InChI is InChI=1S/C21H23N3O2/c1-13-8-9-14(2)19(10-13)23-12-18-15(3)17(11-22)20(25)24(21(18)26)16-6-4-5-7-16/h8-10,12,16,26H,4-7H2,1-3H3. The van der Waals surface area contributed by atoms with E-state index in [-0.39, 0.29) is 17.5 Å². The average Bonchev–Trinajstić information content (AvgIpc) is 3.12. The van der Waals surface area contributed by atoms with E-state index in [0.717, 1.165) is 42.5 Å². The lowest BCUT2D eigenvalue weighted by atomic mass is 10.0. The predicted molar refractivity (Wildman–Crippen MR) is 102 cm³/mol. The number of aromatic hydroxyl groups is 1. The SMILES string of the molecule is Cc1ccc(C)c(N=Cc2c(C)c(C#N)c(=O)n(C3CCCC3)c2O)c1. The summed E-state index contributed by atoms with van der Waals surface area (Å²) in [4.78, 5) is 17.2. The summed E-state index contributed by atoms with van der Waals surface area (Å²) >= 11 is 0. The molecule has 5 heteroatoms. The monoisotopic (exact) mass is 349 g/mol. The molecular formula is C21H23N3O2. The van der Waals surface area contributed by atoms with Crippen LogP contribution in [0.4, 0.5) is 5.69 Å². The van der Waals surface area contributed by atoms with Gasteiger partial charge < -0.3 is 5.11 Å². The van der Waals surface area contributed by atoms with E-state index in [1.165, 1.54) is 4.57 Å². The van der Waals surface area contributed by atoms with Gasteiger partial charge in [0, 0.05) is 12.3 Å². The smallest absolute Gasteiger partial charge is 0.271 e. The quantitative estimate of drug-likeness (QED) is 0.843. The van der Waals surface area contributed by atoms with Crippen molar-refractivity contribution in [1.29, 1.82) is 5.26 Å². The zero-order valence-corrected chi connectivity index (χ0v) is 15.4. The van der Waals surface area contributed by atoms with E-state index in [9.17, 15) is 15.2 Å². The second-order valence-corrected chi connectivity index (χ2v) is 7.01. The van der Waals surface area contributed by atoms with Gasteiger partial charge in [-0.3, -0.25) is 14.4 Å². The number of hydrogen-bond donors (Lipinski definition) is 1. The topological polar surface area (TPSA) is 78.4 Å². The molecule has 134 valence electrons. The van der Waals surface area contributed by atoms with Gasteiger partial charge in [0.1, 0.15) is 11.6 Å². The summed E-state index contributed by atoms with van der Waals surface area (Å²) in [5, 5.41) is 20.3. The number of rotatable bonds is 3. The normalized spacial score (nSPS) is 14.8. The van der Waals surface area contributed by atoms with Crippen molar-refractivity contribution in [2.45, 2.75) is 52.5 Å². The lowest BCUT2D eigenvalue weighted by Crippen LogP contribution is -2.28. The summed E-state index contributed by atoms with van der Waals surface area (Å²) in [7, 11) is 0. The highest BCUT2D eigenvalue weighted by molar-refractivity contribution is 5.87. The van der Waals surface area contributed by atoms with Crippen LogP contribution in [-0.4, -0.2) is 15.9 Å². The van der Waals surface area contributed by atoms with Crippen molar-refractivity contribution in [3.8, 4) is 11.9 Å². The van der Waals surface area contributed by atoms with Gasteiger partial charge in [-0.15, -0.1) is 0 Å². The van der Waals surface area contributed by atoms with Crippen LogP contribution in [0.5, 0.6) is 5.88 Å². The van der Waals surface area contributed by atoms with Crippen molar-refractivity contribution in [1.82, 2.24) is 4.57 Å². The summed E-state index contributed by atoms with van der Waals surface area (Å²) in [6.45, 7) is 5.65. The number of nitriles is 1. The Balaban J connectivity index is 2.16. The Labute approximate surface area is 153 Å². The Hall–Kier alpha value is -2.87. The van der Waals surface area contributed by atoms with Crippen molar-refractivity contribution < 1.29 is 5.11 Å². The fourth-order valence-corrected chi connectivity index (χ4v) is 3.59. The molecule has 1 heterocycles. The maximum absolute atomic E-state index is 12.7. The molecule has 0 saturated heterocycles. The predicted octanol–water partition coefficient (Wildman–Crippen LogP) is 4.22. The summed E-state index contributed by atoms with van der Waals surface area (Å²) < 4.78 is 1.39. The molecular weight excluding hydrogens is 326 g/mol. The third-order valence-electron chi connectivity index (χ3n) is 5.18. The molecule has 3 rings (SSSR count). The molecule has 1 saturated carbocycles. The molecule has 0 aliphatic heterocycles. The van der Waals surface area contributed by atoms with Gasteiger partial charge >= 0.3 is 0 Å². The first-order chi connectivity index (χ1) is 12.4. The van der Waals surface area contributed by atoms with E-state index in [2.05, 4.69) is 4.99 Å². The lowest BCUT2D eigenvalue weighted by Gasteiger charge is -2.19. The van der Waals surface area contributed by atoms with Crippen LogP contribution in [0.1, 0.15) is 59.5 Å². The minimum Gasteiger partial charge on any atom is -0.494 e. The maximum Gasteiger partial charge on any atom is 0.271 e. The number of pyridine rings is 1. The molecule has 0 amide bonds. The fourth-order valence-electron chi connectivity index (χ4n) is 3.59. The molecule has 1 aromatic carbocycles. The third-order valence-corrected chi connectivity index (χ3v) is 5.18. The van der Waals surface area contributed by atoms with E-state index < -0.39 is 5.56 Å². The van der Waals surface area contributed by atoms with E-state index in [0.29, 0.717) is 11.1 Å². The number of aromatic nitrogens is 1. The van der Waals surface area contributed by atoms with Gasteiger partial charge in [-0.25, -0.2) is 0 Å². The van der Waals surface area contributed by atoms with Crippen LogP contribution in [0.25, 0.3) is 0 Å². The Kier molecular flexibility index (Phi) is 4.94. The summed E-state index contributed by atoms with van der Waals surface area (Å²) in [6.07, 6.45) is 5.30. The second-order valence-electron chi connectivity index (χ2n) is 7.01. The number of hydrogen-bond acceptors (Lipinski definition) is 4. The first-order valence-electron chi connectivity index (χ1n) is 8.93. The highest BCUT2D eigenvalue weighted by Crippen LogP contribution is 2.33. The van der Waals surface area contributed by atoms with E-state index >= 15 is 0 Å². The molecule has 0 atom stereocenters. The van der Waals surface area contributed by atoms with E-state index in [1.807, 2.05) is 38.1 Å². The zero-order chi connectivity index (χ0) is 18.8. The van der Waals surface area contributed by atoms with Crippen molar-refractivity contribution in [3.05, 3.63) is 56.4 Å². The molecule has 0 radical (unpaired) electrons. The van der Waals surface area contributed by atoms with Crippen LogP contribution in [0, 0.1) is 32.1 Å². The lowest BCUT2D eigenvalue weighted by molar-refractivity contribution is 0.368. The molecule has 1 aliphatic rings. The Morgan fingerprint density at radius 1 is 1.27 bits per heavy atom. The molecule has 5 nitrogen and oxygen atoms in total. The van der Waals surface area contributed by atoms with Crippen molar-refractivity contribution in [2.24, 2.45) is 4.99 Å². The van der Waals surface area contributed by atoms with E-state index in [1.54, 1.807) is 13.1 Å². The molecule has 2 aromatic rings. The minimum atomic E-state index is -0.404. The van der Waals surface area contributed by atoms with Crippen molar-refractivity contribution >= 4 is 11.9 Å². The number of nitrogens with zero attached hydrogens (tertiary/aromatic N) is 3. The van der Waals surface area contributed by atoms with Crippen LogP contribution in [0.15, 0.2) is 28.0 Å². The number of aliphatic imine (C=N–C) groups is 1. The molecule has 1 fully saturated rings. The highest BCUT2D eigenvalue weighted by Gasteiger charge is 2.25. The molecule has 26 heavy (non-hydrogen) atoms. The summed E-state index contributed by atoms with van der Waals surface area (Å²) in [6, 6.07) is 7.94. The van der Waals surface area contributed by atoms with Gasteiger partial charge in [0.2, 0.25) is 5.88 Å². The summed E-state index contributed by atoms with van der Waals surface area (Å²) in [5.41, 5.74) is 3.51. The first kappa shape index (κ1) is 17.9. The van der Waals surface area contributed by atoms with Crippen LogP contribution in [0.2, 0.25) is 0 Å². The van der Waals surface area contributed by atoms with Crippen LogP contribution in [-0.2, 0) is 0 Å². The molecule has 1 aliphatic carbocycles. The van der Waals surface area contributed by atoms with Crippen LogP contribution in [0.3, 0.4) is 0 Å². The number of benzene rings is 1. The average molecular weight is 349 g/mol. The molecule has 0 spiro atoms. The van der Waals surface area contributed by atoms with Gasteiger partial charge in [-0.1, -0.05) is 25.0 Å². The first-order valence-corrected chi connectivity index (χ1v) is 8.93. The molecule has 0 bridgehead atoms. The molecule has 1 aromatic heterocycles. The maximum atomic E-state index is 12.7. The Morgan fingerprint density at radius 3 is 2.62 bits per heavy atom. The van der Waals surface area contributed by atoms with Gasteiger partial charge in [0.05, 0.1) is 11.3 Å². The molecule has 1 N–H and O–H groups in total. The van der Waals surface area contributed by atoms with Crippen molar-refractivity contribution in [2.75, 3.05) is 0 Å². The minimum absolute atomic E-state index is 0.0527. The van der Waals surface area contributed by atoms with E-state index in [4.69, 9.17) is 0 Å². The van der Waals surface area contributed by atoms with Gasteiger partial charge in [-0.05, 0) is 56.4 Å². The number of aryl methyl sites for hydroxylation is 2. The Bertz CT molecular complexity index is 974. The zero-order valence-electron chi connectivity index (χ0n) is 15.4. The van der Waals surface area contributed by atoms with Crippen LogP contribution < -0.4 is 5.56 Å². The van der Waals surface area contributed by atoms with Gasteiger partial charge in [0.15, 0.2) is 0 Å². The molecule has 0 unspecified atom stereocenters. The highest BCUT2D eigenvalue weighted by atomic mass is 16.3. The fraction of sp³-hybridized carbons (Fsp3) is 0.381. The van der Waals surface area contributed by atoms with Gasteiger partial charge in [-0.2, -0.15) is 5.26 Å². The second kappa shape index (κ2) is 7.17. The van der Waals surface area contributed by atoms with Crippen LogP contribution >= 0.6 is 0 Å². The summed E-state index contributed by atoms with van der Waals surface area (Å²) in [5.74, 6) is -0.0903. The van der Waals surface area contributed by atoms with Crippen molar-refractivity contribution in [3.63, 3.8) is 0 Å². The Morgan fingerprint density at radius 2 is 1.96 bits per heavy atom. The van der Waals surface area contributed by atoms with Gasteiger partial charge in [0.25, 0.3) is 5.56 Å². The largest absolute Gasteiger partial charge is 0.494 e. The third kappa shape index (κ3) is 3.15.